The second kappa shape index (κ2) is 20.1. The molecule has 200 valence electrons. The number of hydrogen-bond donors (Lipinski definition) is 4. The van der Waals surface area contributed by atoms with Crippen molar-refractivity contribution >= 4 is 30.3 Å². The van der Waals surface area contributed by atoms with Crippen LogP contribution in [-0.2, 0) is 16.0 Å². The number of nitrogens with zero attached hydrogens (tertiary/aromatic N) is 3. The van der Waals surface area contributed by atoms with E-state index in [1.165, 1.54) is 5.56 Å². The van der Waals surface area contributed by atoms with Gasteiger partial charge in [0.25, 0.3) is 0 Å². The molecule has 2 aromatic rings. The Balaban J connectivity index is 0.000000482. The third-order valence-corrected chi connectivity index (χ3v) is 5.21. The van der Waals surface area contributed by atoms with E-state index in [0.717, 1.165) is 62.3 Å². The van der Waals surface area contributed by atoms with Crippen LogP contribution in [0, 0.1) is 0 Å². The molecule has 0 radical (unpaired) electrons. The Kier molecular flexibility index (Phi) is 16.8. The molecular weight excluding hydrogens is 466 g/mol. The molecule has 0 fully saturated rings. The van der Waals surface area contributed by atoms with Gasteiger partial charge in [0.2, 0.25) is 12.8 Å². The molecule has 2 amide bonds. The lowest BCUT2D eigenvalue weighted by Crippen LogP contribution is -2.23. The molecule has 6 N–H and O–H groups in total. The molecule has 2 aromatic carbocycles. The lowest BCUT2D eigenvalue weighted by atomic mass is 10.1. The van der Waals surface area contributed by atoms with Crippen molar-refractivity contribution in [1.82, 2.24) is 15.5 Å². The van der Waals surface area contributed by atoms with Gasteiger partial charge in [0.05, 0.1) is 11.5 Å². The van der Waals surface area contributed by atoms with Gasteiger partial charge in [-0.2, -0.15) is 0 Å². The Bertz CT molecular complexity index is 973. The van der Waals surface area contributed by atoms with Crippen LogP contribution in [0.1, 0.15) is 44.2 Å². The number of carbonyl (C=O) groups excluding carboxylic acids is 2. The molecule has 0 aliphatic carbocycles. The van der Waals surface area contributed by atoms with E-state index in [0.29, 0.717) is 19.5 Å². The molecule has 0 aliphatic heterocycles. The number of carbonyl (C=O) groups is 2. The maximum absolute atomic E-state index is 11.4. The van der Waals surface area contributed by atoms with Crippen molar-refractivity contribution < 1.29 is 9.59 Å². The van der Waals surface area contributed by atoms with Crippen LogP contribution < -0.4 is 22.1 Å². The van der Waals surface area contributed by atoms with E-state index in [2.05, 4.69) is 32.8 Å². The molecule has 9 heteroatoms. The molecular formula is C28H41N7O2. The Labute approximate surface area is 220 Å². The van der Waals surface area contributed by atoms with Gasteiger partial charge < -0.3 is 27.0 Å². The molecule has 0 saturated carbocycles. The Hall–Kier alpha value is -4.14. The molecule has 0 atom stereocenters. The average Bonchev–Trinajstić information content (AvgIpc) is 2.92. The van der Waals surface area contributed by atoms with E-state index in [1.54, 1.807) is 4.90 Å². The third kappa shape index (κ3) is 14.8. The first-order chi connectivity index (χ1) is 18.0. The molecule has 37 heavy (non-hydrogen) atoms. The van der Waals surface area contributed by atoms with E-state index in [9.17, 15) is 9.59 Å². The number of benzene rings is 2. The monoisotopic (exact) mass is 507 g/mol. The number of hydrogen-bond acceptors (Lipinski definition) is 4. The van der Waals surface area contributed by atoms with Crippen LogP contribution >= 0.6 is 0 Å². The number of nitrogens with one attached hydrogen (secondary N) is 2. The van der Waals surface area contributed by atoms with Crippen molar-refractivity contribution in [2.75, 3.05) is 26.2 Å². The summed E-state index contributed by atoms with van der Waals surface area (Å²) in [5, 5.41) is 5.79. The van der Waals surface area contributed by atoms with Gasteiger partial charge in [-0.15, -0.1) is 0 Å². The van der Waals surface area contributed by atoms with Crippen LogP contribution in [0.5, 0.6) is 0 Å². The van der Waals surface area contributed by atoms with Gasteiger partial charge in [0, 0.05) is 32.4 Å². The lowest BCUT2D eigenvalue weighted by Gasteiger charge is -2.19. The molecule has 0 saturated heterocycles. The quantitative estimate of drug-likeness (QED) is 0.127. The Morgan fingerprint density at radius 1 is 0.919 bits per heavy atom. The normalized spacial score (nSPS) is 11.0. The summed E-state index contributed by atoms with van der Waals surface area (Å²) >= 11 is 0. The smallest absolute Gasteiger partial charge is 0.214 e. The number of amidine groups is 1. The summed E-state index contributed by atoms with van der Waals surface area (Å²) in [6, 6.07) is 20.2. The first-order valence-corrected chi connectivity index (χ1v) is 12.5. The second-order valence-corrected chi connectivity index (χ2v) is 8.07. The standard InChI is InChI=1S/C21H25N3O.C7H16N4O/c1-3-24(17-25)21(20-12-8-5-9-13-20)16-23-18(2)22-15-14-19-10-6-4-7-11-19;8-7(9)11-5-3-1-2-4-10-6-12/h4-13,16-17H,3,14-15H2,1-2H3,(H,22,23);6H,1-5H2,(H,10,12)(H4,8,9,11)/b21-16-;. The number of nitrogens with two attached hydrogens (primary N) is 2. The van der Waals surface area contributed by atoms with Gasteiger partial charge in [0.1, 0.15) is 0 Å². The highest BCUT2D eigenvalue weighted by molar-refractivity contribution is 5.83. The zero-order valence-electron chi connectivity index (χ0n) is 22.0. The Morgan fingerprint density at radius 2 is 1.59 bits per heavy atom. The largest absolute Gasteiger partial charge is 0.370 e. The predicted molar refractivity (Wildman–Crippen MR) is 153 cm³/mol. The second-order valence-electron chi connectivity index (χ2n) is 8.07. The average molecular weight is 508 g/mol. The van der Waals surface area contributed by atoms with Crippen LogP contribution in [0.3, 0.4) is 0 Å². The van der Waals surface area contributed by atoms with Gasteiger partial charge in [0.15, 0.2) is 5.96 Å². The molecule has 0 aliphatic rings. The van der Waals surface area contributed by atoms with Gasteiger partial charge in [-0.1, -0.05) is 60.7 Å². The van der Waals surface area contributed by atoms with Crippen molar-refractivity contribution in [3.8, 4) is 0 Å². The number of aliphatic imine (C=N–C) groups is 2. The van der Waals surface area contributed by atoms with Gasteiger partial charge >= 0.3 is 0 Å². The minimum Gasteiger partial charge on any atom is -0.370 e. The van der Waals surface area contributed by atoms with E-state index in [4.69, 9.17) is 11.5 Å². The van der Waals surface area contributed by atoms with E-state index >= 15 is 0 Å². The van der Waals surface area contributed by atoms with Crippen molar-refractivity contribution in [1.29, 1.82) is 0 Å². The Morgan fingerprint density at radius 3 is 2.19 bits per heavy atom. The van der Waals surface area contributed by atoms with E-state index in [1.807, 2.05) is 68.6 Å². The van der Waals surface area contributed by atoms with Crippen LogP contribution in [0.4, 0.5) is 0 Å². The first-order valence-electron chi connectivity index (χ1n) is 12.5. The number of rotatable bonds is 15. The van der Waals surface area contributed by atoms with E-state index in [-0.39, 0.29) is 5.96 Å². The summed E-state index contributed by atoms with van der Waals surface area (Å²) in [7, 11) is 0. The molecule has 0 spiro atoms. The molecule has 2 rings (SSSR count). The predicted octanol–water partition coefficient (Wildman–Crippen LogP) is 2.89. The number of amides is 2. The maximum atomic E-state index is 11.4. The first kappa shape index (κ1) is 30.9. The fraction of sp³-hybridized carbons (Fsp3) is 0.357. The zero-order valence-corrected chi connectivity index (χ0v) is 22.0. The molecule has 0 heterocycles. The minimum absolute atomic E-state index is 0.140. The third-order valence-electron chi connectivity index (χ3n) is 5.21. The summed E-state index contributed by atoms with van der Waals surface area (Å²) in [5.74, 6) is 0.965. The van der Waals surface area contributed by atoms with Crippen LogP contribution in [0.25, 0.3) is 5.70 Å². The van der Waals surface area contributed by atoms with Gasteiger partial charge in [-0.3, -0.25) is 19.6 Å². The van der Waals surface area contributed by atoms with Crippen LogP contribution in [0.2, 0.25) is 0 Å². The number of unbranched alkanes of at least 4 members (excludes halogenated alkanes) is 2. The summed E-state index contributed by atoms with van der Waals surface area (Å²) in [4.78, 5) is 31.2. The fourth-order valence-corrected chi connectivity index (χ4v) is 3.24. The van der Waals surface area contributed by atoms with E-state index < -0.39 is 0 Å². The van der Waals surface area contributed by atoms with Crippen molar-refractivity contribution in [3.05, 3.63) is 78.0 Å². The SMILES string of the molecule is CCN(C=O)/C(=C\NC(C)=NCCc1ccccc1)c1ccccc1.NC(N)=NCCCCCNC=O. The van der Waals surface area contributed by atoms with Crippen molar-refractivity contribution in [2.45, 2.75) is 39.5 Å². The topological polar surface area (TPSA) is 138 Å². The highest BCUT2D eigenvalue weighted by atomic mass is 16.1. The molecule has 0 bridgehead atoms. The van der Waals surface area contributed by atoms with Crippen molar-refractivity contribution in [2.24, 2.45) is 21.5 Å². The lowest BCUT2D eigenvalue weighted by molar-refractivity contribution is -0.115. The molecule has 0 aromatic heterocycles. The highest BCUT2D eigenvalue weighted by Crippen LogP contribution is 2.16. The maximum Gasteiger partial charge on any atom is 0.214 e. The minimum atomic E-state index is 0.140. The molecule has 0 unspecified atom stereocenters. The van der Waals surface area contributed by atoms with Gasteiger partial charge in [-0.05, 0) is 50.7 Å². The van der Waals surface area contributed by atoms with Crippen molar-refractivity contribution in [3.63, 3.8) is 0 Å². The van der Waals surface area contributed by atoms with Gasteiger partial charge in [-0.25, -0.2) is 0 Å². The number of guanidine groups is 1. The van der Waals surface area contributed by atoms with Crippen LogP contribution in [-0.4, -0.2) is 55.7 Å². The molecule has 9 nitrogen and oxygen atoms in total. The zero-order chi connectivity index (χ0) is 27.1. The van der Waals surface area contributed by atoms with Crippen LogP contribution in [0.15, 0.2) is 76.8 Å². The summed E-state index contributed by atoms with van der Waals surface area (Å²) < 4.78 is 0. The summed E-state index contributed by atoms with van der Waals surface area (Å²) in [5.41, 5.74) is 13.3. The fourth-order valence-electron chi connectivity index (χ4n) is 3.24. The summed E-state index contributed by atoms with van der Waals surface area (Å²) in [6.07, 6.45) is 7.26. The summed E-state index contributed by atoms with van der Waals surface area (Å²) in [6.45, 7) is 6.61. The highest BCUT2D eigenvalue weighted by Gasteiger charge is 2.08.